The van der Waals surface area contributed by atoms with E-state index in [1.54, 1.807) is 41.4 Å². The van der Waals surface area contributed by atoms with Crippen molar-refractivity contribution in [3.8, 4) is 11.8 Å². The van der Waals surface area contributed by atoms with Crippen LogP contribution < -0.4 is 9.64 Å². The molecule has 0 bridgehead atoms. The minimum absolute atomic E-state index is 0.0786. The zero-order valence-corrected chi connectivity index (χ0v) is 15.7. The monoisotopic (exact) mass is 378 g/mol. The highest BCUT2D eigenvalue weighted by Gasteiger charge is 2.37. The summed E-state index contributed by atoms with van der Waals surface area (Å²) in [6.45, 7) is 1.04. The van der Waals surface area contributed by atoms with Crippen molar-refractivity contribution in [2.75, 3.05) is 25.1 Å². The second kappa shape index (κ2) is 9.00. The maximum atomic E-state index is 13.1. The number of amides is 2. The lowest BCUT2D eigenvalue weighted by Crippen LogP contribution is -2.37. The first-order chi connectivity index (χ1) is 13.6. The number of carbonyl (C=O) groups is 2. The molecular formula is C21H22N4O3. The van der Waals surface area contributed by atoms with E-state index in [-0.39, 0.29) is 24.7 Å². The Labute approximate surface area is 164 Å². The molecule has 1 aromatic carbocycles. The first-order valence-corrected chi connectivity index (χ1v) is 9.11. The van der Waals surface area contributed by atoms with E-state index in [1.165, 1.54) is 0 Å². The highest BCUT2D eigenvalue weighted by Crippen LogP contribution is 2.28. The summed E-state index contributed by atoms with van der Waals surface area (Å²) in [5.41, 5.74) is 1.64. The minimum Gasteiger partial charge on any atom is -0.497 e. The van der Waals surface area contributed by atoms with Crippen LogP contribution in [0, 0.1) is 17.2 Å². The van der Waals surface area contributed by atoms with Gasteiger partial charge in [-0.2, -0.15) is 5.26 Å². The molecule has 1 atom stereocenters. The molecular weight excluding hydrogens is 356 g/mol. The maximum absolute atomic E-state index is 13.1. The van der Waals surface area contributed by atoms with E-state index >= 15 is 0 Å². The van der Waals surface area contributed by atoms with E-state index in [0.717, 1.165) is 11.3 Å². The van der Waals surface area contributed by atoms with Gasteiger partial charge in [0.2, 0.25) is 11.8 Å². The second-order valence-electron chi connectivity index (χ2n) is 6.63. The molecule has 0 aliphatic carbocycles. The number of aromatic nitrogens is 1. The molecule has 2 heterocycles. The lowest BCUT2D eigenvalue weighted by Gasteiger charge is -2.25. The van der Waals surface area contributed by atoms with Crippen molar-refractivity contribution in [2.24, 2.45) is 5.92 Å². The van der Waals surface area contributed by atoms with Crippen LogP contribution in [0.5, 0.6) is 5.75 Å². The fourth-order valence-corrected chi connectivity index (χ4v) is 3.31. The molecule has 1 aliphatic heterocycles. The molecule has 1 fully saturated rings. The number of carbonyl (C=O) groups excluding carboxylic acids is 2. The molecule has 1 saturated heterocycles. The first-order valence-electron chi connectivity index (χ1n) is 9.11. The predicted octanol–water partition coefficient (Wildman–Crippen LogP) is 2.39. The second-order valence-corrected chi connectivity index (χ2v) is 6.63. The van der Waals surface area contributed by atoms with Gasteiger partial charge in [0.15, 0.2) is 0 Å². The van der Waals surface area contributed by atoms with Gasteiger partial charge in [-0.05, 0) is 35.9 Å². The topological polar surface area (TPSA) is 86.5 Å². The smallest absolute Gasteiger partial charge is 0.228 e. The zero-order chi connectivity index (χ0) is 19.9. The van der Waals surface area contributed by atoms with E-state index in [1.807, 2.05) is 24.3 Å². The number of ether oxygens (including phenoxy) is 1. The Morgan fingerprint density at radius 3 is 2.79 bits per heavy atom. The van der Waals surface area contributed by atoms with Gasteiger partial charge in [0, 0.05) is 44.1 Å². The quantitative estimate of drug-likeness (QED) is 0.738. The van der Waals surface area contributed by atoms with Crippen LogP contribution in [0.1, 0.15) is 18.4 Å². The highest BCUT2D eigenvalue weighted by atomic mass is 16.5. The molecule has 2 aromatic rings. The fourth-order valence-electron chi connectivity index (χ4n) is 3.31. The summed E-state index contributed by atoms with van der Waals surface area (Å²) in [5, 5.41) is 8.93. The highest BCUT2D eigenvalue weighted by molar-refractivity contribution is 6.00. The Hall–Kier alpha value is -3.40. The van der Waals surface area contributed by atoms with Gasteiger partial charge in [0.25, 0.3) is 0 Å². The van der Waals surface area contributed by atoms with Crippen molar-refractivity contribution in [1.29, 1.82) is 5.26 Å². The Balaban J connectivity index is 1.72. The summed E-state index contributed by atoms with van der Waals surface area (Å²) in [7, 11) is 1.59. The van der Waals surface area contributed by atoms with Crippen LogP contribution >= 0.6 is 0 Å². The molecule has 28 heavy (non-hydrogen) atoms. The van der Waals surface area contributed by atoms with Gasteiger partial charge in [0.05, 0.1) is 25.5 Å². The third kappa shape index (κ3) is 4.46. The first kappa shape index (κ1) is 19.4. The van der Waals surface area contributed by atoms with Crippen LogP contribution in [0.4, 0.5) is 5.69 Å². The van der Waals surface area contributed by atoms with E-state index in [9.17, 15) is 9.59 Å². The molecule has 144 valence electrons. The van der Waals surface area contributed by atoms with Crippen molar-refractivity contribution in [3.05, 3.63) is 54.4 Å². The average Bonchev–Trinajstić information content (AvgIpc) is 3.13. The molecule has 1 unspecified atom stereocenters. The minimum atomic E-state index is -0.426. The molecule has 1 aliphatic rings. The van der Waals surface area contributed by atoms with Gasteiger partial charge in [-0.1, -0.05) is 6.07 Å². The van der Waals surface area contributed by atoms with Crippen LogP contribution in [0.15, 0.2) is 48.8 Å². The van der Waals surface area contributed by atoms with Crippen molar-refractivity contribution < 1.29 is 14.3 Å². The number of hydrogen-bond donors (Lipinski definition) is 0. The number of pyridine rings is 1. The summed E-state index contributed by atoms with van der Waals surface area (Å²) in [4.78, 5) is 32.9. The number of rotatable bonds is 7. The molecule has 7 nitrogen and oxygen atoms in total. The Morgan fingerprint density at radius 2 is 2.14 bits per heavy atom. The van der Waals surface area contributed by atoms with Crippen molar-refractivity contribution in [3.63, 3.8) is 0 Å². The molecule has 0 saturated carbocycles. The third-order valence-corrected chi connectivity index (χ3v) is 4.76. The van der Waals surface area contributed by atoms with Crippen LogP contribution in [0.2, 0.25) is 0 Å². The van der Waals surface area contributed by atoms with Crippen LogP contribution in [0.25, 0.3) is 0 Å². The normalized spacial score (nSPS) is 15.9. The van der Waals surface area contributed by atoms with Crippen molar-refractivity contribution >= 4 is 17.5 Å². The summed E-state index contributed by atoms with van der Waals surface area (Å²) in [6, 6.07) is 13.0. The zero-order valence-electron chi connectivity index (χ0n) is 15.7. The van der Waals surface area contributed by atoms with Gasteiger partial charge in [-0.25, -0.2) is 0 Å². The van der Waals surface area contributed by atoms with E-state index < -0.39 is 5.92 Å². The lowest BCUT2D eigenvalue weighted by molar-refractivity contribution is -0.136. The van der Waals surface area contributed by atoms with Crippen LogP contribution in [0.3, 0.4) is 0 Å². The summed E-state index contributed by atoms with van der Waals surface area (Å²) >= 11 is 0. The van der Waals surface area contributed by atoms with E-state index in [4.69, 9.17) is 10.00 Å². The number of hydrogen-bond acceptors (Lipinski definition) is 5. The van der Waals surface area contributed by atoms with Gasteiger partial charge >= 0.3 is 0 Å². The summed E-state index contributed by atoms with van der Waals surface area (Å²) < 4.78 is 5.15. The molecule has 1 aromatic heterocycles. The van der Waals surface area contributed by atoms with E-state index in [0.29, 0.717) is 25.4 Å². The Kier molecular flexibility index (Phi) is 6.22. The standard InChI is InChI=1S/C21H22N4O3/c1-28-19-7-5-18(6-8-19)25-15-17(12-20(25)26)21(27)24(11-3-9-22)14-16-4-2-10-23-13-16/h2,4-8,10,13,17H,3,11-12,14-15H2,1H3. The predicted molar refractivity (Wildman–Crippen MR) is 103 cm³/mol. The molecule has 2 amide bonds. The SMILES string of the molecule is COc1ccc(N2CC(C(=O)N(CCC#N)Cc3cccnc3)CC2=O)cc1. The van der Waals surface area contributed by atoms with Gasteiger partial charge in [-0.15, -0.1) is 0 Å². The molecule has 0 N–H and O–H groups in total. The lowest BCUT2D eigenvalue weighted by atomic mass is 10.1. The van der Waals surface area contributed by atoms with E-state index in [2.05, 4.69) is 11.1 Å². The summed E-state index contributed by atoms with van der Waals surface area (Å²) in [5.74, 6) is 0.0979. The van der Waals surface area contributed by atoms with Crippen molar-refractivity contribution in [2.45, 2.75) is 19.4 Å². The summed E-state index contributed by atoms with van der Waals surface area (Å²) in [6.07, 6.45) is 3.79. The number of nitriles is 1. The number of anilines is 1. The molecule has 3 rings (SSSR count). The van der Waals surface area contributed by atoms with Crippen LogP contribution in [-0.4, -0.2) is 41.9 Å². The molecule has 0 spiro atoms. The average molecular weight is 378 g/mol. The Bertz CT molecular complexity index is 861. The number of nitrogens with zero attached hydrogens (tertiary/aromatic N) is 4. The van der Waals surface area contributed by atoms with Gasteiger partial charge < -0.3 is 14.5 Å². The van der Waals surface area contributed by atoms with Crippen LogP contribution in [-0.2, 0) is 16.1 Å². The molecule has 7 heteroatoms. The largest absolute Gasteiger partial charge is 0.497 e. The third-order valence-electron chi connectivity index (χ3n) is 4.76. The van der Waals surface area contributed by atoms with Gasteiger partial charge in [0.1, 0.15) is 5.75 Å². The Morgan fingerprint density at radius 1 is 1.36 bits per heavy atom. The maximum Gasteiger partial charge on any atom is 0.228 e. The number of methoxy groups -OCH3 is 1. The van der Waals surface area contributed by atoms with Crippen molar-refractivity contribution in [1.82, 2.24) is 9.88 Å². The molecule has 0 radical (unpaired) electrons. The fraction of sp³-hybridized carbons (Fsp3) is 0.333. The van der Waals surface area contributed by atoms with Gasteiger partial charge in [-0.3, -0.25) is 14.6 Å². The number of benzene rings is 1.